The number of rotatable bonds is 6. The monoisotopic (exact) mass is 300 g/mol. The SMILES string of the molecule is COc1ccc2[nH]cc(C3(C(=O)NCCC(C)C)CC3)c2c1. The van der Waals surface area contributed by atoms with Crippen molar-refractivity contribution in [3.63, 3.8) is 0 Å². The van der Waals surface area contributed by atoms with Crippen LogP contribution in [0.15, 0.2) is 24.4 Å². The van der Waals surface area contributed by atoms with Gasteiger partial charge in [-0.25, -0.2) is 0 Å². The minimum atomic E-state index is -0.346. The maximum Gasteiger partial charge on any atom is 0.230 e. The number of methoxy groups -OCH3 is 1. The van der Waals surface area contributed by atoms with Crippen LogP contribution in [0.2, 0.25) is 0 Å². The Kier molecular flexibility index (Phi) is 3.85. The van der Waals surface area contributed by atoms with E-state index in [9.17, 15) is 4.79 Å². The molecule has 1 heterocycles. The maximum absolute atomic E-state index is 12.6. The van der Waals surface area contributed by atoms with Crippen molar-refractivity contribution in [1.82, 2.24) is 10.3 Å². The van der Waals surface area contributed by atoms with Crippen molar-refractivity contribution in [2.75, 3.05) is 13.7 Å². The van der Waals surface area contributed by atoms with E-state index in [0.29, 0.717) is 5.92 Å². The first kappa shape index (κ1) is 14.9. The standard InChI is InChI=1S/C18H24N2O2/c1-12(2)6-9-19-17(21)18(7-8-18)15-11-20-16-5-4-13(22-3)10-14(15)16/h4-5,10-12,20H,6-9H2,1-3H3,(H,19,21). The molecule has 2 N–H and O–H groups in total. The fourth-order valence-corrected chi connectivity index (χ4v) is 3.01. The molecule has 0 unspecified atom stereocenters. The highest BCUT2D eigenvalue weighted by atomic mass is 16.5. The van der Waals surface area contributed by atoms with Crippen molar-refractivity contribution in [2.24, 2.45) is 5.92 Å². The molecule has 0 bridgehead atoms. The molecule has 3 rings (SSSR count). The van der Waals surface area contributed by atoms with Crippen LogP contribution >= 0.6 is 0 Å². The zero-order valence-corrected chi connectivity index (χ0v) is 13.5. The number of fused-ring (bicyclic) bond motifs is 1. The molecule has 1 aliphatic rings. The number of carbonyl (C=O) groups is 1. The Balaban J connectivity index is 1.85. The van der Waals surface area contributed by atoms with Crippen LogP contribution in [0.4, 0.5) is 0 Å². The molecule has 0 atom stereocenters. The molecule has 0 saturated heterocycles. The third kappa shape index (κ3) is 2.58. The van der Waals surface area contributed by atoms with Crippen LogP contribution in [0.1, 0.15) is 38.7 Å². The van der Waals surface area contributed by atoms with E-state index in [1.807, 2.05) is 24.4 Å². The molecule has 1 aromatic heterocycles. The summed E-state index contributed by atoms with van der Waals surface area (Å²) in [6, 6.07) is 5.96. The van der Waals surface area contributed by atoms with E-state index in [4.69, 9.17) is 4.74 Å². The molecule has 118 valence electrons. The van der Waals surface area contributed by atoms with Crippen molar-refractivity contribution in [3.8, 4) is 5.75 Å². The summed E-state index contributed by atoms with van der Waals surface area (Å²) in [6.07, 6.45) is 4.85. The summed E-state index contributed by atoms with van der Waals surface area (Å²) in [4.78, 5) is 15.9. The summed E-state index contributed by atoms with van der Waals surface area (Å²) in [7, 11) is 1.67. The van der Waals surface area contributed by atoms with Gasteiger partial charge in [-0.3, -0.25) is 4.79 Å². The number of hydrogen-bond acceptors (Lipinski definition) is 2. The summed E-state index contributed by atoms with van der Waals surface area (Å²) in [5, 5.41) is 4.21. The summed E-state index contributed by atoms with van der Waals surface area (Å²) >= 11 is 0. The Morgan fingerprint density at radius 2 is 2.18 bits per heavy atom. The average Bonchev–Trinajstić information content (AvgIpc) is 3.20. The number of nitrogens with one attached hydrogen (secondary N) is 2. The first-order valence-electron chi connectivity index (χ1n) is 8.01. The number of amides is 1. The Morgan fingerprint density at radius 1 is 1.41 bits per heavy atom. The predicted molar refractivity (Wildman–Crippen MR) is 88.2 cm³/mol. The van der Waals surface area contributed by atoms with Crippen LogP contribution in [-0.4, -0.2) is 24.5 Å². The Labute approximate surface area is 131 Å². The minimum absolute atomic E-state index is 0.164. The second-order valence-corrected chi connectivity index (χ2v) is 6.63. The van der Waals surface area contributed by atoms with Crippen molar-refractivity contribution in [3.05, 3.63) is 30.0 Å². The van der Waals surface area contributed by atoms with Crippen molar-refractivity contribution >= 4 is 16.8 Å². The van der Waals surface area contributed by atoms with Gasteiger partial charge in [0.05, 0.1) is 12.5 Å². The molecule has 1 fully saturated rings. The first-order valence-corrected chi connectivity index (χ1v) is 8.01. The molecular formula is C18H24N2O2. The second-order valence-electron chi connectivity index (χ2n) is 6.63. The van der Waals surface area contributed by atoms with Gasteiger partial charge in [0.2, 0.25) is 5.91 Å². The number of ether oxygens (including phenoxy) is 1. The van der Waals surface area contributed by atoms with E-state index >= 15 is 0 Å². The smallest absolute Gasteiger partial charge is 0.230 e. The lowest BCUT2D eigenvalue weighted by atomic mass is 9.94. The lowest BCUT2D eigenvalue weighted by Crippen LogP contribution is -2.35. The summed E-state index contributed by atoms with van der Waals surface area (Å²) < 4.78 is 5.32. The molecule has 0 aliphatic heterocycles. The van der Waals surface area contributed by atoms with Gasteiger partial charge < -0.3 is 15.0 Å². The van der Waals surface area contributed by atoms with Crippen LogP contribution in [0.3, 0.4) is 0 Å². The number of aromatic nitrogens is 1. The Hall–Kier alpha value is -1.97. The van der Waals surface area contributed by atoms with Crippen LogP contribution in [0, 0.1) is 5.92 Å². The van der Waals surface area contributed by atoms with Gasteiger partial charge in [-0.2, -0.15) is 0 Å². The molecule has 1 amide bonds. The molecular weight excluding hydrogens is 276 g/mol. The van der Waals surface area contributed by atoms with Crippen molar-refractivity contribution < 1.29 is 9.53 Å². The van der Waals surface area contributed by atoms with E-state index < -0.39 is 0 Å². The fourth-order valence-electron chi connectivity index (χ4n) is 3.01. The van der Waals surface area contributed by atoms with Crippen LogP contribution in [-0.2, 0) is 10.2 Å². The molecule has 4 heteroatoms. The number of hydrogen-bond donors (Lipinski definition) is 2. The largest absolute Gasteiger partial charge is 0.497 e. The summed E-state index contributed by atoms with van der Waals surface area (Å²) in [5.41, 5.74) is 1.81. The van der Waals surface area contributed by atoms with Gasteiger partial charge in [0.25, 0.3) is 0 Å². The number of benzene rings is 1. The summed E-state index contributed by atoms with van der Waals surface area (Å²) in [5.74, 6) is 1.59. The molecule has 2 aromatic rings. The third-order valence-corrected chi connectivity index (χ3v) is 4.60. The lowest BCUT2D eigenvalue weighted by molar-refractivity contribution is -0.123. The molecule has 22 heavy (non-hydrogen) atoms. The highest BCUT2D eigenvalue weighted by Gasteiger charge is 2.52. The zero-order chi connectivity index (χ0) is 15.7. The molecule has 1 saturated carbocycles. The van der Waals surface area contributed by atoms with E-state index in [1.165, 1.54) is 0 Å². The minimum Gasteiger partial charge on any atom is -0.497 e. The number of H-pyrrole nitrogens is 1. The second kappa shape index (κ2) is 5.67. The lowest BCUT2D eigenvalue weighted by Gasteiger charge is -2.16. The molecule has 1 aliphatic carbocycles. The molecule has 4 nitrogen and oxygen atoms in total. The van der Waals surface area contributed by atoms with Gasteiger partial charge in [0.1, 0.15) is 5.75 Å². The molecule has 1 aromatic carbocycles. The third-order valence-electron chi connectivity index (χ3n) is 4.60. The zero-order valence-electron chi connectivity index (χ0n) is 13.5. The number of carbonyl (C=O) groups excluding carboxylic acids is 1. The Bertz CT molecular complexity index is 683. The summed E-state index contributed by atoms with van der Waals surface area (Å²) in [6.45, 7) is 5.10. The molecule has 0 spiro atoms. The number of aromatic amines is 1. The average molecular weight is 300 g/mol. The van der Waals surface area contributed by atoms with Gasteiger partial charge in [0.15, 0.2) is 0 Å². The van der Waals surface area contributed by atoms with Crippen LogP contribution < -0.4 is 10.1 Å². The van der Waals surface area contributed by atoms with E-state index in [1.54, 1.807) is 7.11 Å². The quantitative estimate of drug-likeness (QED) is 0.859. The predicted octanol–water partition coefficient (Wildman–Crippen LogP) is 3.37. The van der Waals surface area contributed by atoms with Gasteiger partial charge >= 0.3 is 0 Å². The first-order chi connectivity index (χ1) is 10.6. The topological polar surface area (TPSA) is 54.1 Å². The Morgan fingerprint density at radius 3 is 2.82 bits per heavy atom. The fraction of sp³-hybridized carbons (Fsp3) is 0.500. The van der Waals surface area contributed by atoms with Gasteiger partial charge in [-0.15, -0.1) is 0 Å². The van der Waals surface area contributed by atoms with Crippen LogP contribution in [0.25, 0.3) is 10.9 Å². The highest BCUT2D eigenvalue weighted by Crippen LogP contribution is 2.51. The van der Waals surface area contributed by atoms with Gasteiger partial charge in [0, 0.05) is 23.6 Å². The van der Waals surface area contributed by atoms with Crippen molar-refractivity contribution in [2.45, 2.75) is 38.5 Å². The van der Waals surface area contributed by atoms with Gasteiger partial charge in [-0.05, 0) is 48.9 Å². The van der Waals surface area contributed by atoms with Gasteiger partial charge in [-0.1, -0.05) is 13.8 Å². The van der Waals surface area contributed by atoms with E-state index in [2.05, 4.69) is 24.1 Å². The highest BCUT2D eigenvalue weighted by molar-refractivity contribution is 5.97. The van der Waals surface area contributed by atoms with Crippen molar-refractivity contribution in [1.29, 1.82) is 0 Å². The normalized spacial score (nSPS) is 16.0. The van der Waals surface area contributed by atoms with Crippen LogP contribution in [0.5, 0.6) is 5.75 Å². The maximum atomic E-state index is 12.6. The molecule has 0 radical (unpaired) electrons. The van der Waals surface area contributed by atoms with E-state index in [0.717, 1.165) is 48.0 Å². The van der Waals surface area contributed by atoms with E-state index in [-0.39, 0.29) is 11.3 Å².